The Morgan fingerprint density at radius 3 is 2.25 bits per heavy atom. The molecule has 16 heavy (non-hydrogen) atoms. The third kappa shape index (κ3) is 3.26. The quantitative estimate of drug-likeness (QED) is 0.460. The lowest BCUT2D eigenvalue weighted by Gasteiger charge is -2.06. The maximum absolute atomic E-state index is 13.1. The number of hydrogen-bond acceptors (Lipinski definition) is 1. The van der Waals surface area contributed by atoms with Crippen LogP contribution in [-0.2, 0) is 0 Å². The van der Waals surface area contributed by atoms with Crippen LogP contribution in [-0.4, -0.2) is 12.0 Å². The Bertz CT molecular complexity index is 427. The molecule has 0 saturated carbocycles. The topological polar surface area (TPSA) is 17.1 Å². The zero-order valence-electron chi connectivity index (χ0n) is 7.54. The van der Waals surface area contributed by atoms with Crippen LogP contribution in [0.5, 0.6) is 0 Å². The van der Waals surface area contributed by atoms with Gasteiger partial charge in [-0.2, -0.15) is 13.2 Å². The molecule has 1 aromatic rings. The first kappa shape index (κ1) is 13.1. The molecule has 0 saturated heterocycles. The Labute approximate surface area is 95.4 Å². The van der Waals surface area contributed by atoms with Crippen LogP contribution in [0.25, 0.3) is 0 Å². The Morgan fingerprint density at radius 2 is 1.75 bits per heavy atom. The second kappa shape index (κ2) is 4.48. The fourth-order valence-corrected chi connectivity index (χ4v) is 1.33. The van der Waals surface area contributed by atoms with Crippen LogP contribution in [0.3, 0.4) is 0 Å². The molecule has 7 heteroatoms. The van der Waals surface area contributed by atoms with Gasteiger partial charge < -0.3 is 0 Å². The lowest BCUT2D eigenvalue weighted by atomic mass is 10.1. The van der Waals surface area contributed by atoms with Crippen molar-refractivity contribution in [1.82, 2.24) is 0 Å². The lowest BCUT2D eigenvalue weighted by molar-refractivity contribution is -0.125. The molecular formula is C9H4BrF5O. The summed E-state index contributed by atoms with van der Waals surface area (Å²) >= 11 is 2.64. The van der Waals surface area contributed by atoms with E-state index >= 15 is 0 Å². The summed E-state index contributed by atoms with van der Waals surface area (Å²) < 4.78 is 61.3. The van der Waals surface area contributed by atoms with Crippen molar-refractivity contribution in [3.05, 3.63) is 33.8 Å². The molecule has 1 nitrogen and oxygen atoms in total. The fraction of sp³-hybridized carbons (Fsp3) is 0.222. The van der Waals surface area contributed by atoms with Gasteiger partial charge >= 0.3 is 6.18 Å². The highest BCUT2D eigenvalue weighted by atomic mass is 79.9. The van der Waals surface area contributed by atoms with E-state index in [1.807, 2.05) is 0 Å². The summed E-state index contributed by atoms with van der Waals surface area (Å²) in [7, 11) is 0. The van der Waals surface area contributed by atoms with Gasteiger partial charge in [-0.3, -0.25) is 4.79 Å². The first-order valence-corrected chi connectivity index (χ1v) is 4.74. The van der Waals surface area contributed by atoms with E-state index in [1.165, 1.54) is 0 Å². The second-order valence-corrected chi connectivity index (χ2v) is 3.82. The number of rotatable bonds is 2. The van der Waals surface area contributed by atoms with Gasteiger partial charge in [0.25, 0.3) is 0 Å². The number of carbonyl (C=O) groups excluding carboxylic acids is 1. The predicted octanol–water partition coefficient (Wildman–Crippen LogP) is 3.86. The van der Waals surface area contributed by atoms with E-state index in [-0.39, 0.29) is 4.47 Å². The van der Waals surface area contributed by atoms with Gasteiger partial charge in [0, 0.05) is 0 Å². The molecule has 0 aliphatic carbocycles. The van der Waals surface area contributed by atoms with Crippen molar-refractivity contribution in [3.8, 4) is 0 Å². The smallest absolute Gasteiger partial charge is 0.294 e. The maximum atomic E-state index is 13.1. The first-order valence-electron chi connectivity index (χ1n) is 3.95. The normalized spacial score (nSPS) is 11.6. The van der Waals surface area contributed by atoms with Crippen LogP contribution in [0.1, 0.15) is 16.8 Å². The molecular weight excluding hydrogens is 299 g/mol. The van der Waals surface area contributed by atoms with Crippen molar-refractivity contribution >= 4 is 21.7 Å². The molecule has 0 spiro atoms. The number of ketones is 1. The van der Waals surface area contributed by atoms with E-state index in [0.29, 0.717) is 12.1 Å². The van der Waals surface area contributed by atoms with Crippen molar-refractivity contribution in [1.29, 1.82) is 0 Å². The highest BCUT2D eigenvalue weighted by molar-refractivity contribution is 9.10. The van der Waals surface area contributed by atoms with E-state index in [2.05, 4.69) is 15.9 Å². The first-order chi connectivity index (χ1) is 7.20. The van der Waals surface area contributed by atoms with Crippen molar-refractivity contribution in [3.63, 3.8) is 0 Å². The number of Topliss-reactive ketones (excluding diaryl/α,β-unsaturated/α-hetero) is 1. The van der Waals surface area contributed by atoms with Crippen molar-refractivity contribution in [2.75, 3.05) is 0 Å². The molecule has 0 amide bonds. The van der Waals surface area contributed by atoms with E-state index in [1.54, 1.807) is 0 Å². The number of carbonyl (C=O) groups is 1. The standard InChI is InChI=1S/C9H4BrF5O/c10-5-2-6(11)4(1-7(5)12)8(16)3-9(13,14)15/h1-2H,3H2. The molecule has 0 atom stereocenters. The summed E-state index contributed by atoms with van der Waals surface area (Å²) in [5.41, 5.74) is -0.905. The Kier molecular flexibility index (Phi) is 3.67. The van der Waals surface area contributed by atoms with Crippen LogP contribution in [0.4, 0.5) is 22.0 Å². The highest BCUT2D eigenvalue weighted by Crippen LogP contribution is 2.25. The van der Waals surface area contributed by atoms with E-state index in [4.69, 9.17) is 0 Å². The molecule has 0 heterocycles. The molecule has 0 unspecified atom stereocenters. The number of hydrogen-bond donors (Lipinski definition) is 0. The largest absolute Gasteiger partial charge is 0.396 e. The molecule has 0 aliphatic rings. The molecule has 0 aliphatic heterocycles. The van der Waals surface area contributed by atoms with Crippen LogP contribution in [0.2, 0.25) is 0 Å². The van der Waals surface area contributed by atoms with E-state index in [0.717, 1.165) is 0 Å². The number of halogens is 6. The maximum Gasteiger partial charge on any atom is 0.396 e. The average Bonchev–Trinajstić information content (AvgIpc) is 2.08. The van der Waals surface area contributed by atoms with Crippen LogP contribution in [0.15, 0.2) is 16.6 Å². The van der Waals surface area contributed by atoms with Gasteiger partial charge in [0.05, 0.1) is 10.0 Å². The van der Waals surface area contributed by atoms with Gasteiger partial charge in [0.2, 0.25) is 0 Å². The van der Waals surface area contributed by atoms with Crippen molar-refractivity contribution < 1.29 is 26.7 Å². The monoisotopic (exact) mass is 302 g/mol. The van der Waals surface area contributed by atoms with Crippen molar-refractivity contribution in [2.24, 2.45) is 0 Å². The third-order valence-corrected chi connectivity index (χ3v) is 2.28. The number of benzene rings is 1. The predicted molar refractivity (Wildman–Crippen MR) is 49.1 cm³/mol. The summed E-state index contributed by atoms with van der Waals surface area (Å²) in [5, 5.41) is 0. The van der Waals surface area contributed by atoms with Crippen LogP contribution in [0, 0.1) is 11.6 Å². The average molecular weight is 303 g/mol. The minimum absolute atomic E-state index is 0.256. The number of alkyl halides is 3. The van der Waals surface area contributed by atoms with Gasteiger partial charge in [-0.05, 0) is 28.1 Å². The fourth-order valence-electron chi connectivity index (χ4n) is 1.01. The Morgan fingerprint density at radius 1 is 1.19 bits per heavy atom. The second-order valence-electron chi connectivity index (χ2n) is 2.96. The molecule has 0 aromatic heterocycles. The van der Waals surface area contributed by atoms with Crippen LogP contribution < -0.4 is 0 Å². The summed E-state index contributed by atoms with van der Waals surface area (Å²) in [4.78, 5) is 11.0. The zero-order valence-corrected chi connectivity index (χ0v) is 9.12. The van der Waals surface area contributed by atoms with E-state index < -0.39 is 35.6 Å². The summed E-state index contributed by atoms with van der Waals surface area (Å²) in [5.74, 6) is -3.69. The summed E-state index contributed by atoms with van der Waals surface area (Å²) in [6.45, 7) is 0. The minimum Gasteiger partial charge on any atom is -0.294 e. The third-order valence-electron chi connectivity index (χ3n) is 1.67. The Balaban J connectivity index is 3.05. The lowest BCUT2D eigenvalue weighted by Crippen LogP contribution is -2.16. The molecule has 0 N–H and O–H groups in total. The Hall–Kier alpha value is -0.980. The molecule has 0 fully saturated rings. The SMILES string of the molecule is O=C(CC(F)(F)F)c1cc(F)c(Br)cc1F. The van der Waals surface area contributed by atoms with Crippen LogP contribution >= 0.6 is 15.9 Å². The zero-order chi connectivity index (χ0) is 12.5. The van der Waals surface area contributed by atoms with Gasteiger partial charge in [0.1, 0.15) is 18.1 Å². The van der Waals surface area contributed by atoms with Gasteiger partial charge in [-0.15, -0.1) is 0 Å². The van der Waals surface area contributed by atoms with Gasteiger partial charge in [0.15, 0.2) is 5.78 Å². The summed E-state index contributed by atoms with van der Waals surface area (Å²) in [6.07, 6.45) is -6.56. The van der Waals surface area contributed by atoms with Gasteiger partial charge in [-0.1, -0.05) is 0 Å². The minimum atomic E-state index is -4.74. The molecule has 1 aromatic carbocycles. The molecule has 0 bridgehead atoms. The highest BCUT2D eigenvalue weighted by Gasteiger charge is 2.32. The van der Waals surface area contributed by atoms with E-state index in [9.17, 15) is 26.7 Å². The molecule has 88 valence electrons. The molecule has 1 rings (SSSR count). The van der Waals surface area contributed by atoms with Crippen molar-refractivity contribution in [2.45, 2.75) is 12.6 Å². The summed E-state index contributed by atoms with van der Waals surface area (Å²) in [6, 6.07) is 1.05. The van der Waals surface area contributed by atoms with Gasteiger partial charge in [-0.25, -0.2) is 8.78 Å². The molecule has 0 radical (unpaired) electrons.